The molecule has 0 saturated carbocycles. The van der Waals surface area contributed by atoms with Crippen molar-refractivity contribution in [1.29, 1.82) is 0 Å². The van der Waals surface area contributed by atoms with E-state index in [0.29, 0.717) is 17.0 Å². The van der Waals surface area contributed by atoms with E-state index in [2.05, 4.69) is 34.6 Å². The van der Waals surface area contributed by atoms with Crippen LogP contribution in [-0.4, -0.2) is 38.2 Å². The molecule has 2 rings (SSSR count). The van der Waals surface area contributed by atoms with Gasteiger partial charge in [0.05, 0.1) is 13.3 Å². The molecular weight excluding hydrogens is 356 g/mol. The number of carbonyl (C=O) groups excluding carboxylic acids is 2. The van der Waals surface area contributed by atoms with E-state index in [-0.39, 0.29) is 11.8 Å². The summed E-state index contributed by atoms with van der Waals surface area (Å²) in [6.07, 6.45) is 1.55. The van der Waals surface area contributed by atoms with Crippen LogP contribution in [0, 0.1) is 0 Å². The maximum absolute atomic E-state index is 12.2. The number of benzene rings is 2. The molecule has 0 spiro atoms. The molecule has 0 bridgehead atoms. The number of ether oxygens (including phenoxy) is 1. The number of hydrogen-bond donors (Lipinski definition) is 2. The first kappa shape index (κ1) is 21.0. The maximum Gasteiger partial charge on any atom is 0.271 e. The Balaban J connectivity index is 2.05. The summed E-state index contributed by atoms with van der Waals surface area (Å²) in [5.74, 6) is 0.175. The number of nitrogens with zero attached hydrogens (tertiary/aromatic N) is 2. The van der Waals surface area contributed by atoms with Crippen molar-refractivity contribution in [1.82, 2.24) is 5.43 Å². The Morgan fingerprint density at radius 2 is 1.79 bits per heavy atom. The predicted molar refractivity (Wildman–Crippen MR) is 112 cm³/mol. The summed E-state index contributed by atoms with van der Waals surface area (Å²) < 4.78 is 5.45. The molecule has 2 amide bonds. The van der Waals surface area contributed by atoms with Crippen LogP contribution in [0.5, 0.6) is 5.75 Å². The molecule has 0 aromatic heterocycles. The molecule has 148 valence electrons. The van der Waals surface area contributed by atoms with Crippen molar-refractivity contribution in [3.05, 3.63) is 53.6 Å². The Morgan fingerprint density at radius 3 is 2.36 bits per heavy atom. The Morgan fingerprint density at radius 1 is 1.11 bits per heavy atom. The summed E-state index contributed by atoms with van der Waals surface area (Å²) in [4.78, 5) is 25.4. The lowest BCUT2D eigenvalue weighted by Crippen LogP contribution is -2.21. The first-order valence-electron chi connectivity index (χ1n) is 9.12. The van der Waals surface area contributed by atoms with Crippen LogP contribution in [0.15, 0.2) is 47.6 Å². The summed E-state index contributed by atoms with van der Waals surface area (Å²) >= 11 is 0. The van der Waals surface area contributed by atoms with Gasteiger partial charge in [-0.2, -0.15) is 5.10 Å². The van der Waals surface area contributed by atoms with Crippen molar-refractivity contribution in [2.75, 3.05) is 30.4 Å². The second kappa shape index (κ2) is 10.1. The van der Waals surface area contributed by atoms with Crippen molar-refractivity contribution in [3.8, 4) is 5.75 Å². The van der Waals surface area contributed by atoms with Crippen molar-refractivity contribution >= 4 is 29.4 Å². The van der Waals surface area contributed by atoms with Gasteiger partial charge in [-0.3, -0.25) is 9.59 Å². The van der Waals surface area contributed by atoms with Gasteiger partial charge in [0.1, 0.15) is 5.75 Å². The minimum Gasteiger partial charge on any atom is -0.496 e. The fourth-order valence-corrected chi connectivity index (χ4v) is 2.73. The van der Waals surface area contributed by atoms with E-state index >= 15 is 0 Å². The first-order chi connectivity index (χ1) is 13.5. The van der Waals surface area contributed by atoms with Crippen LogP contribution in [0.2, 0.25) is 0 Å². The van der Waals surface area contributed by atoms with Crippen LogP contribution in [0.4, 0.5) is 11.4 Å². The van der Waals surface area contributed by atoms with Gasteiger partial charge in [-0.15, -0.1) is 0 Å². The first-order valence-corrected chi connectivity index (χ1v) is 9.12. The second-order valence-electron chi connectivity index (χ2n) is 6.06. The Kier molecular flexibility index (Phi) is 7.56. The number of rotatable bonds is 8. The Bertz CT molecular complexity index is 843. The van der Waals surface area contributed by atoms with E-state index in [1.54, 1.807) is 37.6 Å². The van der Waals surface area contributed by atoms with Gasteiger partial charge in [0, 0.05) is 48.6 Å². The van der Waals surface area contributed by atoms with E-state index in [1.807, 2.05) is 18.2 Å². The molecule has 0 radical (unpaired) electrons. The van der Waals surface area contributed by atoms with Crippen LogP contribution in [0.25, 0.3) is 0 Å². The standard InChI is InChI=1S/C21H26N4O3/c1-5-25(6-2)19-12-9-17(20(13-19)28-4)14-22-24-21(27)16-7-10-18(11-8-16)23-15(3)26/h7-14H,5-6H2,1-4H3,(H,23,26)(H,24,27). The van der Waals surface area contributed by atoms with Gasteiger partial charge in [-0.1, -0.05) is 0 Å². The molecule has 0 aliphatic heterocycles. The van der Waals surface area contributed by atoms with Crippen LogP contribution in [0.3, 0.4) is 0 Å². The maximum atomic E-state index is 12.2. The van der Waals surface area contributed by atoms with Gasteiger partial charge in [0.15, 0.2) is 0 Å². The third kappa shape index (κ3) is 5.57. The second-order valence-corrected chi connectivity index (χ2v) is 6.06. The van der Waals surface area contributed by atoms with Crippen LogP contribution < -0.4 is 20.4 Å². The molecule has 0 unspecified atom stereocenters. The Labute approximate surface area is 165 Å². The molecular formula is C21H26N4O3. The summed E-state index contributed by atoms with van der Waals surface area (Å²) in [6.45, 7) is 7.44. The van der Waals surface area contributed by atoms with Crippen molar-refractivity contribution < 1.29 is 14.3 Å². The molecule has 0 aliphatic carbocycles. The van der Waals surface area contributed by atoms with Gasteiger partial charge in [-0.25, -0.2) is 5.43 Å². The zero-order valence-electron chi connectivity index (χ0n) is 16.7. The number of amides is 2. The topological polar surface area (TPSA) is 83.0 Å². The summed E-state index contributed by atoms with van der Waals surface area (Å²) in [6, 6.07) is 12.4. The van der Waals surface area contributed by atoms with E-state index in [1.165, 1.54) is 6.92 Å². The molecule has 0 saturated heterocycles. The molecule has 2 aromatic carbocycles. The number of carbonyl (C=O) groups is 2. The number of hydrogen-bond acceptors (Lipinski definition) is 5. The molecule has 7 heteroatoms. The third-order valence-corrected chi connectivity index (χ3v) is 4.18. The van der Waals surface area contributed by atoms with E-state index in [4.69, 9.17) is 4.74 Å². The molecule has 7 nitrogen and oxygen atoms in total. The lowest BCUT2D eigenvalue weighted by molar-refractivity contribution is -0.114. The quantitative estimate of drug-likeness (QED) is 0.542. The summed E-state index contributed by atoms with van der Waals surface area (Å²) in [5, 5.41) is 6.68. The highest BCUT2D eigenvalue weighted by Crippen LogP contribution is 2.24. The minimum absolute atomic E-state index is 0.164. The minimum atomic E-state index is -0.343. The highest BCUT2D eigenvalue weighted by molar-refractivity contribution is 5.96. The average molecular weight is 382 g/mol. The lowest BCUT2D eigenvalue weighted by atomic mass is 10.2. The monoisotopic (exact) mass is 382 g/mol. The highest BCUT2D eigenvalue weighted by Gasteiger charge is 2.08. The third-order valence-electron chi connectivity index (χ3n) is 4.18. The van der Waals surface area contributed by atoms with Crippen molar-refractivity contribution in [2.24, 2.45) is 5.10 Å². The van der Waals surface area contributed by atoms with E-state index < -0.39 is 0 Å². The van der Waals surface area contributed by atoms with E-state index in [9.17, 15) is 9.59 Å². The molecule has 0 aliphatic rings. The van der Waals surface area contributed by atoms with Gasteiger partial charge >= 0.3 is 0 Å². The van der Waals surface area contributed by atoms with Crippen LogP contribution in [-0.2, 0) is 4.79 Å². The molecule has 2 aromatic rings. The normalized spacial score (nSPS) is 10.6. The fraction of sp³-hybridized carbons (Fsp3) is 0.286. The predicted octanol–water partition coefficient (Wildman–Crippen LogP) is 3.26. The number of methoxy groups -OCH3 is 1. The van der Waals surface area contributed by atoms with Gasteiger partial charge in [0.2, 0.25) is 5.91 Å². The van der Waals surface area contributed by atoms with E-state index in [0.717, 1.165) is 24.3 Å². The molecule has 0 heterocycles. The van der Waals surface area contributed by atoms with Gasteiger partial charge in [-0.05, 0) is 50.2 Å². The lowest BCUT2D eigenvalue weighted by Gasteiger charge is -2.21. The van der Waals surface area contributed by atoms with Crippen LogP contribution >= 0.6 is 0 Å². The average Bonchev–Trinajstić information content (AvgIpc) is 2.69. The zero-order valence-corrected chi connectivity index (χ0v) is 16.7. The van der Waals surface area contributed by atoms with Crippen molar-refractivity contribution in [2.45, 2.75) is 20.8 Å². The molecule has 0 fully saturated rings. The summed E-state index contributed by atoms with van der Waals surface area (Å²) in [7, 11) is 1.61. The smallest absolute Gasteiger partial charge is 0.271 e. The van der Waals surface area contributed by atoms with Gasteiger partial charge < -0.3 is 15.0 Å². The molecule has 2 N–H and O–H groups in total. The summed E-state index contributed by atoms with van der Waals surface area (Å²) in [5.41, 5.74) is 5.40. The number of hydrazone groups is 1. The molecule has 28 heavy (non-hydrogen) atoms. The SMILES string of the molecule is CCN(CC)c1ccc(C=NNC(=O)c2ccc(NC(C)=O)cc2)c(OC)c1. The number of nitrogens with one attached hydrogen (secondary N) is 2. The fourth-order valence-electron chi connectivity index (χ4n) is 2.73. The van der Waals surface area contributed by atoms with Crippen molar-refractivity contribution in [3.63, 3.8) is 0 Å². The largest absolute Gasteiger partial charge is 0.496 e. The Hall–Kier alpha value is -3.35. The molecule has 0 atom stereocenters. The van der Waals surface area contributed by atoms with Crippen LogP contribution in [0.1, 0.15) is 36.7 Å². The highest BCUT2D eigenvalue weighted by atomic mass is 16.5. The van der Waals surface area contributed by atoms with Gasteiger partial charge in [0.25, 0.3) is 5.91 Å². The zero-order chi connectivity index (χ0) is 20.5. The number of anilines is 2.